The zero-order chi connectivity index (χ0) is 16.1. The molecule has 2 nitrogen and oxygen atoms in total. The van der Waals surface area contributed by atoms with Crippen LogP contribution in [-0.4, -0.2) is 38.3 Å². The Morgan fingerprint density at radius 3 is 1.14 bits per heavy atom. The van der Waals surface area contributed by atoms with E-state index in [1.807, 2.05) is 0 Å². The van der Waals surface area contributed by atoms with Crippen molar-refractivity contribution in [2.24, 2.45) is 0 Å². The number of hydrogen-bond acceptors (Lipinski definition) is 2. The first-order valence-electron chi connectivity index (χ1n) is 6.67. The van der Waals surface area contributed by atoms with Crippen molar-refractivity contribution >= 4 is 79.4 Å². The van der Waals surface area contributed by atoms with Gasteiger partial charge in [-0.05, 0) is 38.5 Å². The van der Waals surface area contributed by atoms with E-state index in [0.717, 1.165) is 0 Å². The molecular formula is C12H16Cl6O2S. The molecule has 2 aliphatic carbocycles. The van der Waals surface area contributed by atoms with E-state index >= 15 is 0 Å². The molecule has 21 heavy (non-hydrogen) atoms. The van der Waals surface area contributed by atoms with Gasteiger partial charge in [-0.15, -0.1) is 69.6 Å². The number of hydrogen-bond donors (Lipinski definition) is 0. The van der Waals surface area contributed by atoms with Crippen molar-refractivity contribution in [3.8, 4) is 0 Å². The van der Waals surface area contributed by atoms with Crippen LogP contribution < -0.4 is 0 Å². The normalized spacial score (nSPS) is 49.0. The maximum atomic E-state index is 13.1. The van der Waals surface area contributed by atoms with E-state index in [0.29, 0.717) is 12.8 Å². The molecule has 0 saturated heterocycles. The molecule has 2 saturated carbocycles. The van der Waals surface area contributed by atoms with Gasteiger partial charge in [-0.25, -0.2) is 8.42 Å². The maximum absolute atomic E-state index is 13.1. The molecule has 0 aromatic carbocycles. The topological polar surface area (TPSA) is 34.1 Å². The van der Waals surface area contributed by atoms with Crippen LogP contribution in [0.25, 0.3) is 0 Å². The molecule has 0 radical (unpaired) electrons. The highest BCUT2D eigenvalue weighted by atomic mass is 35.5. The summed E-state index contributed by atoms with van der Waals surface area (Å²) in [6, 6.07) is 0. The van der Waals surface area contributed by atoms with Gasteiger partial charge in [-0.1, -0.05) is 0 Å². The van der Waals surface area contributed by atoms with Crippen molar-refractivity contribution in [2.75, 3.05) is 0 Å². The summed E-state index contributed by atoms with van der Waals surface area (Å²) in [6.07, 6.45) is 1.54. The second kappa shape index (κ2) is 6.54. The van der Waals surface area contributed by atoms with Gasteiger partial charge < -0.3 is 0 Å². The summed E-state index contributed by atoms with van der Waals surface area (Å²) in [5.74, 6) is 0. The Balaban J connectivity index is 2.36. The molecule has 0 aliphatic heterocycles. The van der Waals surface area contributed by atoms with Crippen LogP contribution in [0.3, 0.4) is 0 Å². The second-order valence-corrected chi connectivity index (χ2v) is 12.9. The Labute approximate surface area is 155 Å². The van der Waals surface area contributed by atoms with Gasteiger partial charge in [0.1, 0.15) is 8.41 Å². The Bertz CT molecular complexity index is 438. The average molecular weight is 437 g/mol. The summed E-state index contributed by atoms with van der Waals surface area (Å²) in [7, 11) is -3.92. The predicted octanol–water partition coefficient (Wildman–Crippen LogP) is 5.07. The summed E-state index contributed by atoms with van der Waals surface area (Å²) < 4.78 is 23.0. The molecule has 0 aromatic rings. The molecule has 4 atom stereocenters. The monoisotopic (exact) mass is 434 g/mol. The molecular weight excluding hydrogens is 421 g/mol. The molecule has 124 valence electrons. The first-order chi connectivity index (χ1) is 9.49. The van der Waals surface area contributed by atoms with Crippen molar-refractivity contribution in [1.82, 2.24) is 0 Å². The molecule has 0 spiro atoms. The molecule has 0 heterocycles. The van der Waals surface area contributed by atoms with Crippen LogP contribution >= 0.6 is 69.6 Å². The second-order valence-electron chi connectivity index (χ2n) is 5.95. The minimum absolute atomic E-state index is 0.121. The Kier molecular flexibility index (Phi) is 5.92. The summed E-state index contributed by atoms with van der Waals surface area (Å²) in [5.41, 5.74) is 0. The highest BCUT2D eigenvalue weighted by Gasteiger charge is 2.59. The zero-order valence-corrected chi connectivity index (χ0v) is 16.4. The van der Waals surface area contributed by atoms with Gasteiger partial charge >= 0.3 is 0 Å². The fourth-order valence-corrected chi connectivity index (χ4v) is 10.0. The molecule has 0 amide bonds. The van der Waals surface area contributed by atoms with E-state index in [2.05, 4.69) is 0 Å². The molecule has 9 heteroatoms. The van der Waals surface area contributed by atoms with E-state index in [9.17, 15) is 8.42 Å². The highest BCUT2D eigenvalue weighted by Crippen LogP contribution is 2.52. The van der Waals surface area contributed by atoms with Crippen molar-refractivity contribution in [1.29, 1.82) is 0 Å². The van der Waals surface area contributed by atoms with E-state index in [4.69, 9.17) is 69.6 Å². The lowest BCUT2D eigenvalue weighted by Crippen LogP contribution is -2.53. The molecule has 2 aliphatic rings. The van der Waals surface area contributed by atoms with Crippen LogP contribution in [-0.2, 0) is 9.84 Å². The minimum atomic E-state index is -3.92. The van der Waals surface area contributed by atoms with Gasteiger partial charge in [0.05, 0.1) is 0 Å². The van der Waals surface area contributed by atoms with Gasteiger partial charge in [0.2, 0.25) is 0 Å². The predicted molar refractivity (Wildman–Crippen MR) is 92.4 cm³/mol. The van der Waals surface area contributed by atoms with Crippen LogP contribution in [0.2, 0.25) is 0 Å². The lowest BCUT2D eigenvalue weighted by atomic mass is 9.98. The SMILES string of the molecule is O=S(=O)(C1(Cl)CC(Cl)CC(Cl)C1)C1(Cl)CC(Cl)CC(Cl)C1. The lowest BCUT2D eigenvalue weighted by Gasteiger charge is -2.44. The Morgan fingerprint density at radius 1 is 0.667 bits per heavy atom. The Morgan fingerprint density at radius 2 is 0.905 bits per heavy atom. The average Bonchev–Trinajstić information content (AvgIpc) is 2.24. The quantitative estimate of drug-likeness (QED) is 0.566. The van der Waals surface area contributed by atoms with E-state index in [-0.39, 0.29) is 25.7 Å². The third kappa shape index (κ3) is 3.70. The van der Waals surface area contributed by atoms with Crippen LogP contribution in [0, 0.1) is 0 Å². The van der Waals surface area contributed by atoms with E-state index in [1.54, 1.807) is 0 Å². The van der Waals surface area contributed by atoms with Crippen LogP contribution in [0.1, 0.15) is 38.5 Å². The number of sulfone groups is 1. The van der Waals surface area contributed by atoms with Gasteiger partial charge in [0.15, 0.2) is 9.84 Å². The molecule has 2 rings (SSSR count). The van der Waals surface area contributed by atoms with Gasteiger partial charge in [-0.2, -0.15) is 0 Å². The third-order valence-corrected chi connectivity index (χ3v) is 9.85. The fraction of sp³-hybridized carbons (Fsp3) is 1.00. The highest BCUT2D eigenvalue weighted by molar-refractivity contribution is 7.96. The zero-order valence-electron chi connectivity index (χ0n) is 11.0. The summed E-state index contributed by atoms with van der Waals surface area (Å²) >= 11 is 37.4. The van der Waals surface area contributed by atoms with Crippen molar-refractivity contribution in [3.63, 3.8) is 0 Å². The molecule has 4 unspecified atom stereocenters. The van der Waals surface area contributed by atoms with Crippen LogP contribution in [0.4, 0.5) is 0 Å². The number of rotatable bonds is 2. The Hall–Kier alpha value is 1.69. The fourth-order valence-electron chi connectivity index (χ4n) is 3.14. The maximum Gasteiger partial charge on any atom is 0.189 e. The number of halogens is 6. The van der Waals surface area contributed by atoms with Gasteiger partial charge in [0, 0.05) is 21.5 Å². The number of alkyl halides is 6. The standard InChI is InChI=1S/C12H16Cl6O2S/c13-7-1-8(14)4-11(17,3-7)21(19,20)12(18)5-9(15)2-10(16)6-12/h7-10H,1-6H2. The van der Waals surface area contributed by atoms with E-state index in [1.165, 1.54) is 0 Å². The first kappa shape index (κ1) is 19.0. The van der Waals surface area contributed by atoms with Crippen molar-refractivity contribution < 1.29 is 8.42 Å². The van der Waals surface area contributed by atoms with Gasteiger partial charge in [-0.3, -0.25) is 0 Å². The summed E-state index contributed by atoms with van der Waals surface area (Å²) in [5, 5.41) is -1.57. The molecule has 0 N–H and O–H groups in total. The smallest absolute Gasteiger partial charge is 0.189 e. The molecule has 2 fully saturated rings. The van der Waals surface area contributed by atoms with Crippen LogP contribution in [0.15, 0.2) is 0 Å². The van der Waals surface area contributed by atoms with Crippen molar-refractivity contribution in [3.05, 3.63) is 0 Å². The summed E-state index contributed by atoms with van der Waals surface area (Å²) in [4.78, 5) is 0. The third-order valence-electron chi connectivity index (χ3n) is 4.09. The first-order valence-corrected chi connectivity index (χ1v) is 10.7. The minimum Gasteiger partial charge on any atom is -0.225 e. The van der Waals surface area contributed by atoms with Crippen LogP contribution in [0.5, 0.6) is 0 Å². The largest absolute Gasteiger partial charge is 0.225 e. The van der Waals surface area contributed by atoms with E-state index < -0.39 is 39.8 Å². The molecule has 0 bridgehead atoms. The van der Waals surface area contributed by atoms with Gasteiger partial charge in [0.25, 0.3) is 0 Å². The van der Waals surface area contributed by atoms with Crippen molar-refractivity contribution in [2.45, 2.75) is 68.4 Å². The summed E-state index contributed by atoms with van der Waals surface area (Å²) in [6.45, 7) is 0. The lowest BCUT2D eigenvalue weighted by molar-refractivity contribution is 0.424. The molecule has 0 aromatic heterocycles.